The van der Waals surface area contributed by atoms with Gasteiger partial charge in [-0.3, -0.25) is 4.79 Å². The summed E-state index contributed by atoms with van der Waals surface area (Å²) < 4.78 is 4.94. The van der Waals surface area contributed by atoms with Crippen LogP contribution in [0, 0.1) is 0 Å². The molecule has 0 atom stereocenters. The molecule has 0 aliphatic heterocycles. The summed E-state index contributed by atoms with van der Waals surface area (Å²) in [6.07, 6.45) is 5.01. The van der Waals surface area contributed by atoms with Crippen molar-refractivity contribution in [2.75, 3.05) is 13.2 Å². The topological polar surface area (TPSA) is 55.4 Å². The van der Waals surface area contributed by atoms with Crippen molar-refractivity contribution in [2.24, 2.45) is 0 Å². The van der Waals surface area contributed by atoms with Gasteiger partial charge < -0.3 is 10.1 Å². The van der Waals surface area contributed by atoms with Crippen LogP contribution >= 0.6 is 0 Å². The predicted molar refractivity (Wildman–Crippen MR) is 67.4 cm³/mol. The molecule has 0 fully saturated rings. The van der Waals surface area contributed by atoms with Crippen LogP contribution < -0.4 is 5.32 Å². The molecular formula is C13H21NO3. The first kappa shape index (κ1) is 15.4. The third kappa shape index (κ3) is 9.35. The number of unbranched alkanes of at least 4 members (excludes halogenated alkanes) is 3. The molecule has 0 spiro atoms. The number of hydrogen-bond acceptors (Lipinski definition) is 3. The van der Waals surface area contributed by atoms with Gasteiger partial charge in [0.15, 0.2) is 0 Å². The molecule has 0 aliphatic rings. The Morgan fingerprint density at radius 2 is 1.88 bits per heavy atom. The fourth-order valence-electron chi connectivity index (χ4n) is 1.15. The van der Waals surface area contributed by atoms with Crippen LogP contribution in [-0.2, 0) is 14.3 Å². The number of esters is 1. The zero-order valence-corrected chi connectivity index (χ0v) is 10.5. The van der Waals surface area contributed by atoms with Gasteiger partial charge in [0.2, 0.25) is 5.91 Å². The van der Waals surface area contributed by atoms with Crippen LogP contribution in [0.2, 0.25) is 0 Å². The molecule has 0 radical (unpaired) electrons. The molecule has 0 aromatic carbocycles. The zero-order chi connectivity index (χ0) is 13.1. The van der Waals surface area contributed by atoms with Crippen LogP contribution in [0.3, 0.4) is 0 Å². The van der Waals surface area contributed by atoms with Gasteiger partial charge in [-0.25, -0.2) is 4.79 Å². The van der Waals surface area contributed by atoms with E-state index < -0.39 is 0 Å². The Labute approximate surface area is 103 Å². The molecule has 4 heteroatoms. The van der Waals surface area contributed by atoms with Gasteiger partial charge in [0.1, 0.15) is 0 Å². The van der Waals surface area contributed by atoms with Crippen LogP contribution in [0.5, 0.6) is 0 Å². The van der Waals surface area contributed by atoms with Crippen molar-refractivity contribution in [2.45, 2.75) is 32.6 Å². The summed E-state index contributed by atoms with van der Waals surface area (Å²) in [7, 11) is 0. The van der Waals surface area contributed by atoms with E-state index in [9.17, 15) is 9.59 Å². The minimum absolute atomic E-state index is 0.139. The van der Waals surface area contributed by atoms with Gasteiger partial charge in [-0.15, -0.1) is 0 Å². The SMILES string of the molecule is C=CC(=O)NCCCCCCOC(=O)C(=C)C. The highest BCUT2D eigenvalue weighted by Crippen LogP contribution is 2.01. The molecule has 0 unspecified atom stereocenters. The van der Waals surface area contributed by atoms with Crippen LogP contribution in [0.4, 0.5) is 0 Å². The Morgan fingerprint density at radius 1 is 1.24 bits per heavy atom. The number of amides is 1. The highest BCUT2D eigenvalue weighted by Gasteiger charge is 2.01. The lowest BCUT2D eigenvalue weighted by molar-refractivity contribution is -0.139. The molecule has 4 nitrogen and oxygen atoms in total. The first-order valence-electron chi connectivity index (χ1n) is 5.81. The summed E-state index contributed by atoms with van der Waals surface area (Å²) in [6.45, 7) is 9.59. The van der Waals surface area contributed by atoms with E-state index in [1.807, 2.05) is 0 Å². The van der Waals surface area contributed by atoms with Gasteiger partial charge in [-0.05, 0) is 32.3 Å². The lowest BCUT2D eigenvalue weighted by Crippen LogP contribution is -2.21. The molecule has 0 aromatic heterocycles. The molecule has 0 bridgehead atoms. The van der Waals surface area contributed by atoms with Gasteiger partial charge in [0, 0.05) is 12.1 Å². The minimum atomic E-state index is -0.330. The highest BCUT2D eigenvalue weighted by molar-refractivity contribution is 5.87. The first-order valence-corrected chi connectivity index (χ1v) is 5.81. The molecule has 96 valence electrons. The van der Waals surface area contributed by atoms with E-state index >= 15 is 0 Å². The smallest absolute Gasteiger partial charge is 0.333 e. The maximum Gasteiger partial charge on any atom is 0.333 e. The number of carbonyl (C=O) groups is 2. The molecule has 1 N–H and O–H groups in total. The number of ether oxygens (including phenoxy) is 1. The van der Waals surface area contributed by atoms with Gasteiger partial charge in [0.05, 0.1) is 6.61 Å². The van der Waals surface area contributed by atoms with Crippen molar-refractivity contribution < 1.29 is 14.3 Å². The second kappa shape index (κ2) is 9.63. The third-order valence-electron chi connectivity index (χ3n) is 2.14. The van der Waals surface area contributed by atoms with E-state index in [-0.39, 0.29) is 11.9 Å². The highest BCUT2D eigenvalue weighted by atomic mass is 16.5. The first-order chi connectivity index (χ1) is 8.07. The molecule has 0 rings (SSSR count). The zero-order valence-electron chi connectivity index (χ0n) is 10.5. The Kier molecular flexibility index (Phi) is 8.74. The second-order valence-corrected chi connectivity index (χ2v) is 3.83. The number of hydrogen-bond donors (Lipinski definition) is 1. The lowest BCUT2D eigenvalue weighted by Gasteiger charge is -2.04. The van der Waals surface area contributed by atoms with E-state index in [2.05, 4.69) is 18.5 Å². The summed E-state index contributed by atoms with van der Waals surface area (Å²) in [6, 6.07) is 0. The fourth-order valence-corrected chi connectivity index (χ4v) is 1.15. The summed E-state index contributed by atoms with van der Waals surface area (Å²) in [4.78, 5) is 21.8. The van der Waals surface area contributed by atoms with Crippen molar-refractivity contribution in [1.82, 2.24) is 5.32 Å². The van der Waals surface area contributed by atoms with Crippen molar-refractivity contribution in [1.29, 1.82) is 0 Å². The summed E-state index contributed by atoms with van der Waals surface area (Å²) in [5, 5.41) is 2.70. The van der Waals surface area contributed by atoms with Gasteiger partial charge in [-0.2, -0.15) is 0 Å². The van der Waals surface area contributed by atoms with E-state index in [0.717, 1.165) is 25.7 Å². The average molecular weight is 239 g/mol. The molecule has 0 heterocycles. The maximum absolute atomic E-state index is 11.0. The summed E-state index contributed by atoms with van der Waals surface area (Å²) >= 11 is 0. The predicted octanol–water partition coefficient (Wildman–Crippen LogP) is 1.97. The second-order valence-electron chi connectivity index (χ2n) is 3.83. The summed E-state index contributed by atoms with van der Waals surface area (Å²) in [5.41, 5.74) is 0.428. The van der Waals surface area contributed by atoms with Crippen molar-refractivity contribution in [3.05, 3.63) is 24.8 Å². The standard InChI is InChI=1S/C13H21NO3/c1-4-12(15)14-9-7-5-6-8-10-17-13(16)11(2)3/h4H,1-2,5-10H2,3H3,(H,14,15). The van der Waals surface area contributed by atoms with E-state index in [1.54, 1.807) is 6.92 Å². The molecule has 0 saturated heterocycles. The Morgan fingerprint density at radius 3 is 2.47 bits per heavy atom. The number of nitrogens with one attached hydrogen (secondary N) is 1. The average Bonchev–Trinajstić information content (AvgIpc) is 2.31. The van der Waals surface area contributed by atoms with Crippen LogP contribution in [0.15, 0.2) is 24.8 Å². The molecule has 0 saturated carbocycles. The Hall–Kier alpha value is -1.58. The molecule has 17 heavy (non-hydrogen) atoms. The monoisotopic (exact) mass is 239 g/mol. The molecule has 1 amide bonds. The maximum atomic E-state index is 11.0. The normalized spacial score (nSPS) is 9.47. The van der Waals surface area contributed by atoms with Crippen molar-refractivity contribution in [3.8, 4) is 0 Å². The molecule has 0 aromatic rings. The lowest BCUT2D eigenvalue weighted by atomic mass is 10.2. The Bertz CT molecular complexity index is 284. The minimum Gasteiger partial charge on any atom is -0.462 e. The summed E-state index contributed by atoms with van der Waals surface area (Å²) in [5.74, 6) is -0.469. The van der Waals surface area contributed by atoms with Crippen LogP contribution in [0.1, 0.15) is 32.6 Å². The van der Waals surface area contributed by atoms with E-state index in [0.29, 0.717) is 18.7 Å². The van der Waals surface area contributed by atoms with Crippen molar-refractivity contribution in [3.63, 3.8) is 0 Å². The fraction of sp³-hybridized carbons (Fsp3) is 0.538. The van der Waals surface area contributed by atoms with Crippen molar-refractivity contribution >= 4 is 11.9 Å². The number of carbonyl (C=O) groups excluding carboxylic acids is 2. The largest absolute Gasteiger partial charge is 0.462 e. The number of rotatable bonds is 9. The molecule has 0 aliphatic carbocycles. The third-order valence-corrected chi connectivity index (χ3v) is 2.14. The van der Waals surface area contributed by atoms with E-state index in [1.165, 1.54) is 6.08 Å². The van der Waals surface area contributed by atoms with Gasteiger partial charge in [0.25, 0.3) is 0 Å². The quantitative estimate of drug-likeness (QED) is 0.380. The Balaban J connectivity index is 3.24. The van der Waals surface area contributed by atoms with Crippen LogP contribution in [0.25, 0.3) is 0 Å². The molecular weight excluding hydrogens is 218 g/mol. The van der Waals surface area contributed by atoms with E-state index in [4.69, 9.17) is 4.74 Å². The van der Waals surface area contributed by atoms with Gasteiger partial charge >= 0.3 is 5.97 Å². The van der Waals surface area contributed by atoms with Gasteiger partial charge in [-0.1, -0.05) is 19.6 Å². The van der Waals surface area contributed by atoms with Crippen LogP contribution in [-0.4, -0.2) is 25.0 Å².